The lowest BCUT2D eigenvalue weighted by atomic mass is 10.1. The van der Waals surface area contributed by atoms with Gasteiger partial charge in [0.15, 0.2) is 6.54 Å². The van der Waals surface area contributed by atoms with Crippen LogP contribution in [0.2, 0.25) is 0 Å². The highest BCUT2D eigenvalue weighted by Crippen LogP contribution is 2.20. The van der Waals surface area contributed by atoms with Crippen molar-refractivity contribution in [2.45, 2.75) is 32.9 Å². The van der Waals surface area contributed by atoms with E-state index in [-0.39, 0.29) is 23.9 Å². The summed E-state index contributed by atoms with van der Waals surface area (Å²) in [6.07, 6.45) is 0. The van der Waals surface area contributed by atoms with Gasteiger partial charge >= 0.3 is 0 Å². The Morgan fingerprint density at radius 1 is 1.28 bits per heavy atom. The molecule has 2 aromatic rings. The number of quaternary nitrogens is 1. The summed E-state index contributed by atoms with van der Waals surface area (Å²) in [5.74, 6) is -0.199. The number of amides is 2. The lowest BCUT2D eigenvalue weighted by Gasteiger charge is -2.24. The van der Waals surface area contributed by atoms with Crippen LogP contribution in [0.5, 0.6) is 0 Å². The van der Waals surface area contributed by atoms with Crippen LogP contribution in [0.4, 0.5) is 0 Å². The number of nitrogens with one attached hydrogen (secondary N) is 2. The average molecular weight is 364 g/mol. The Hall–Kier alpha value is -1.99. The molecule has 0 saturated carbocycles. The topological polar surface area (TPSA) is 66.7 Å². The van der Waals surface area contributed by atoms with Crippen molar-refractivity contribution in [3.8, 4) is 0 Å². The van der Waals surface area contributed by atoms with E-state index in [0.29, 0.717) is 13.1 Å². The van der Waals surface area contributed by atoms with Gasteiger partial charge in [-0.3, -0.25) is 9.59 Å². The van der Waals surface area contributed by atoms with Gasteiger partial charge < -0.3 is 15.1 Å². The molecule has 25 heavy (non-hydrogen) atoms. The van der Waals surface area contributed by atoms with Crippen molar-refractivity contribution in [1.82, 2.24) is 15.2 Å². The minimum Gasteiger partial charge on any atom is -0.350 e. The summed E-state index contributed by atoms with van der Waals surface area (Å²) in [5, 5.41) is 3.88. The van der Waals surface area contributed by atoms with Crippen LogP contribution in [-0.4, -0.2) is 54.4 Å². The van der Waals surface area contributed by atoms with Crippen molar-refractivity contribution in [2.75, 3.05) is 27.2 Å². The molecule has 0 fully saturated rings. The molecule has 0 bridgehead atoms. The molecule has 2 amide bonds. The summed E-state index contributed by atoms with van der Waals surface area (Å²) in [6.45, 7) is 6.85. The molecule has 1 atom stereocenters. The molecule has 2 N–H and O–H groups in total. The lowest BCUT2D eigenvalue weighted by molar-refractivity contribution is -0.885. The Bertz CT molecular complexity index is 718. The van der Waals surface area contributed by atoms with Crippen molar-refractivity contribution in [2.24, 2.45) is 0 Å². The fourth-order valence-electron chi connectivity index (χ4n) is 2.47. The van der Waals surface area contributed by atoms with E-state index in [9.17, 15) is 9.59 Å². The van der Waals surface area contributed by atoms with Gasteiger partial charge in [-0.05, 0) is 32.9 Å². The first kappa shape index (κ1) is 19.3. The number of carbonyl (C=O) groups excluding carboxylic acids is 2. The minimum atomic E-state index is -0.296. The molecule has 0 aliphatic rings. The molecular weight excluding hydrogens is 336 g/mol. The summed E-state index contributed by atoms with van der Waals surface area (Å²) in [5.41, 5.74) is 0.702. The average Bonchev–Trinajstić information content (AvgIpc) is 2.86. The van der Waals surface area contributed by atoms with Gasteiger partial charge in [0.25, 0.3) is 5.91 Å². The number of likely N-dealkylation sites (N-methyl/N-ethyl adjacent to an activating group) is 2. The molecule has 0 spiro atoms. The number of fused-ring (bicyclic) bond motifs is 1. The van der Waals surface area contributed by atoms with Crippen LogP contribution in [0.1, 0.15) is 25.8 Å². The molecule has 136 valence electrons. The van der Waals surface area contributed by atoms with Gasteiger partial charge in [-0.25, -0.2) is 4.98 Å². The van der Waals surface area contributed by atoms with E-state index in [2.05, 4.69) is 16.4 Å². The number of hydrogen-bond donors (Lipinski definition) is 2. The van der Waals surface area contributed by atoms with Gasteiger partial charge in [0.2, 0.25) is 5.91 Å². The standard InChI is InChI=1S/C18H26N4O2S/c1-18(2,3)20-15(23)10-22(5)17(24)12-21(4)11-16-19-13-8-6-7-9-14(13)25-16/h6-9H,10-12H2,1-5H3,(H,20,23)/p+1. The molecule has 0 aliphatic heterocycles. The first-order chi connectivity index (χ1) is 11.6. The molecule has 1 heterocycles. The van der Waals surface area contributed by atoms with E-state index in [4.69, 9.17) is 0 Å². The van der Waals surface area contributed by atoms with Gasteiger partial charge in [-0.2, -0.15) is 0 Å². The first-order valence-electron chi connectivity index (χ1n) is 8.35. The molecule has 0 saturated heterocycles. The normalized spacial score (nSPS) is 12.8. The minimum absolute atomic E-state index is 0.0531. The number of rotatable bonds is 6. The smallest absolute Gasteiger partial charge is 0.277 e. The molecule has 0 radical (unpaired) electrons. The van der Waals surface area contributed by atoms with Crippen LogP contribution >= 0.6 is 11.3 Å². The van der Waals surface area contributed by atoms with E-state index in [1.807, 2.05) is 46.0 Å². The Balaban J connectivity index is 1.85. The zero-order valence-corrected chi connectivity index (χ0v) is 16.4. The van der Waals surface area contributed by atoms with Gasteiger partial charge in [0, 0.05) is 12.6 Å². The predicted octanol–water partition coefficient (Wildman–Crippen LogP) is 0.684. The number of nitrogens with zero attached hydrogens (tertiary/aromatic N) is 2. The largest absolute Gasteiger partial charge is 0.350 e. The fraction of sp³-hybridized carbons (Fsp3) is 0.500. The first-order valence-corrected chi connectivity index (χ1v) is 9.16. The SMILES string of the molecule is CN(CC(=O)NC(C)(C)C)C(=O)C[NH+](C)Cc1nc2ccccc2s1. The quantitative estimate of drug-likeness (QED) is 0.793. The van der Waals surface area contributed by atoms with Gasteiger partial charge in [0.05, 0.1) is 23.8 Å². The van der Waals surface area contributed by atoms with E-state index in [1.54, 1.807) is 18.4 Å². The Kier molecular flexibility index (Phi) is 6.13. The molecule has 1 aromatic heterocycles. The summed E-state index contributed by atoms with van der Waals surface area (Å²) in [6, 6.07) is 8.03. The number of para-hydroxylation sites is 1. The van der Waals surface area contributed by atoms with Gasteiger partial charge in [0.1, 0.15) is 11.6 Å². The summed E-state index contributed by atoms with van der Waals surface area (Å²) >= 11 is 1.66. The summed E-state index contributed by atoms with van der Waals surface area (Å²) < 4.78 is 1.16. The van der Waals surface area contributed by atoms with Crippen molar-refractivity contribution in [3.63, 3.8) is 0 Å². The number of aromatic nitrogens is 1. The number of thiazole rings is 1. The predicted molar refractivity (Wildman–Crippen MR) is 101 cm³/mol. The lowest BCUT2D eigenvalue weighted by Crippen LogP contribution is -3.08. The second-order valence-corrected chi connectivity index (χ2v) is 8.55. The summed E-state index contributed by atoms with van der Waals surface area (Å²) in [7, 11) is 3.63. The maximum absolute atomic E-state index is 12.3. The fourth-order valence-corrected chi connectivity index (χ4v) is 3.55. The third-order valence-corrected chi connectivity index (χ3v) is 4.60. The van der Waals surface area contributed by atoms with Crippen molar-refractivity contribution in [3.05, 3.63) is 29.3 Å². The number of benzene rings is 1. The van der Waals surface area contributed by atoms with Crippen molar-refractivity contribution in [1.29, 1.82) is 0 Å². The maximum atomic E-state index is 12.3. The van der Waals surface area contributed by atoms with E-state index < -0.39 is 0 Å². The maximum Gasteiger partial charge on any atom is 0.277 e. The second-order valence-electron chi connectivity index (χ2n) is 7.43. The third-order valence-electron chi connectivity index (χ3n) is 3.57. The molecule has 1 aromatic carbocycles. The van der Waals surface area contributed by atoms with Crippen LogP contribution in [0.15, 0.2) is 24.3 Å². The summed E-state index contributed by atoms with van der Waals surface area (Å²) in [4.78, 5) is 31.4. The van der Waals surface area contributed by atoms with E-state index in [1.165, 1.54) is 4.90 Å². The zero-order chi connectivity index (χ0) is 18.6. The monoisotopic (exact) mass is 363 g/mol. The zero-order valence-electron chi connectivity index (χ0n) is 15.5. The van der Waals surface area contributed by atoms with Crippen LogP contribution in [0.3, 0.4) is 0 Å². The number of carbonyl (C=O) groups is 2. The number of hydrogen-bond acceptors (Lipinski definition) is 4. The molecule has 0 aliphatic carbocycles. The highest BCUT2D eigenvalue weighted by atomic mass is 32.1. The molecule has 2 rings (SSSR count). The van der Waals surface area contributed by atoms with Crippen molar-refractivity contribution >= 4 is 33.4 Å². The highest BCUT2D eigenvalue weighted by molar-refractivity contribution is 7.18. The Morgan fingerprint density at radius 2 is 1.96 bits per heavy atom. The second kappa shape index (κ2) is 7.93. The highest BCUT2D eigenvalue weighted by Gasteiger charge is 2.20. The Labute approximate surface area is 152 Å². The van der Waals surface area contributed by atoms with Crippen LogP contribution < -0.4 is 10.2 Å². The van der Waals surface area contributed by atoms with E-state index >= 15 is 0 Å². The molecule has 7 heteroatoms. The van der Waals surface area contributed by atoms with Gasteiger partial charge in [-0.1, -0.05) is 12.1 Å². The molecular formula is C18H27N4O2S+. The molecule has 1 unspecified atom stereocenters. The molecule has 6 nitrogen and oxygen atoms in total. The van der Waals surface area contributed by atoms with Gasteiger partial charge in [-0.15, -0.1) is 11.3 Å². The van der Waals surface area contributed by atoms with Crippen LogP contribution in [0.25, 0.3) is 10.2 Å². The Morgan fingerprint density at radius 3 is 2.60 bits per heavy atom. The van der Waals surface area contributed by atoms with E-state index in [0.717, 1.165) is 20.1 Å². The van der Waals surface area contributed by atoms with Crippen molar-refractivity contribution < 1.29 is 14.5 Å². The van der Waals surface area contributed by atoms with Crippen LogP contribution in [0, 0.1) is 0 Å². The third kappa shape index (κ3) is 6.10. The van der Waals surface area contributed by atoms with Crippen LogP contribution in [-0.2, 0) is 16.1 Å².